The van der Waals surface area contributed by atoms with Gasteiger partial charge in [0.1, 0.15) is 5.37 Å². The second-order valence-corrected chi connectivity index (χ2v) is 5.09. The van der Waals surface area contributed by atoms with E-state index in [1.165, 1.54) is 0 Å². The van der Waals surface area contributed by atoms with Crippen LogP contribution in [-0.4, -0.2) is 25.6 Å². The van der Waals surface area contributed by atoms with E-state index in [4.69, 9.17) is 0 Å². The molecule has 0 aromatic carbocycles. The van der Waals surface area contributed by atoms with Gasteiger partial charge in [0.15, 0.2) is 9.84 Å². The van der Waals surface area contributed by atoms with Crippen molar-refractivity contribution >= 4 is 9.84 Å². The molecule has 4 heteroatoms. The van der Waals surface area contributed by atoms with Gasteiger partial charge >= 0.3 is 0 Å². The molecule has 0 aliphatic carbocycles. The second-order valence-electron chi connectivity index (χ2n) is 2.68. The van der Waals surface area contributed by atoms with Gasteiger partial charge in [0.25, 0.3) is 0 Å². The van der Waals surface area contributed by atoms with Crippen LogP contribution in [0.5, 0.6) is 0 Å². The average molecular weight is 147 g/mol. The van der Waals surface area contributed by atoms with Crippen LogP contribution in [0.4, 0.5) is 0 Å². The highest BCUT2D eigenvalue weighted by Gasteiger charge is 2.48. The van der Waals surface area contributed by atoms with Crippen molar-refractivity contribution in [2.24, 2.45) is 0 Å². The summed E-state index contributed by atoms with van der Waals surface area (Å²) in [4.78, 5) is 0. The lowest BCUT2D eigenvalue weighted by atomic mass is 10.1. The predicted molar refractivity (Wildman–Crippen MR) is 33.7 cm³/mol. The fourth-order valence-electron chi connectivity index (χ4n) is 1.50. The molecule has 3 saturated heterocycles. The summed E-state index contributed by atoms with van der Waals surface area (Å²) >= 11 is 0. The Bertz CT molecular complexity index is 201. The highest BCUT2D eigenvalue weighted by atomic mass is 32.2. The molecule has 0 aromatic heterocycles. The third kappa shape index (κ3) is 0.576. The zero-order valence-electron chi connectivity index (χ0n) is 5.00. The van der Waals surface area contributed by atoms with E-state index >= 15 is 0 Å². The molecule has 0 aromatic rings. The summed E-state index contributed by atoms with van der Waals surface area (Å²) in [5.74, 6) is 0. The van der Waals surface area contributed by atoms with E-state index in [9.17, 15) is 8.42 Å². The second kappa shape index (κ2) is 1.49. The first-order valence-corrected chi connectivity index (χ1v) is 4.78. The molecule has 2 bridgehead atoms. The van der Waals surface area contributed by atoms with Crippen molar-refractivity contribution < 1.29 is 8.42 Å². The van der Waals surface area contributed by atoms with Crippen LogP contribution in [0.15, 0.2) is 0 Å². The number of sulfone groups is 1. The van der Waals surface area contributed by atoms with Crippen LogP contribution in [0.25, 0.3) is 0 Å². The van der Waals surface area contributed by atoms with E-state index in [0.717, 1.165) is 19.4 Å². The zero-order chi connectivity index (χ0) is 6.48. The quantitative estimate of drug-likeness (QED) is 0.502. The summed E-state index contributed by atoms with van der Waals surface area (Å²) in [6.07, 6.45) is 1.67. The molecule has 3 aliphatic rings. The van der Waals surface area contributed by atoms with Gasteiger partial charge in [0.2, 0.25) is 0 Å². The number of fused-ring (bicyclic) bond motifs is 2. The van der Waals surface area contributed by atoms with Gasteiger partial charge in [-0.2, -0.15) is 0 Å². The van der Waals surface area contributed by atoms with E-state index in [0.29, 0.717) is 0 Å². The average Bonchev–Trinajstić information content (AvgIpc) is 1.89. The Morgan fingerprint density at radius 3 is 2.44 bits per heavy atom. The molecule has 0 amide bonds. The minimum absolute atomic E-state index is 0.00347. The Morgan fingerprint density at radius 1 is 1.44 bits per heavy atom. The molecular weight excluding hydrogens is 138 g/mol. The lowest BCUT2D eigenvalue weighted by molar-refractivity contribution is 0.396. The molecule has 0 saturated carbocycles. The fourth-order valence-corrected chi connectivity index (χ4v) is 3.37. The SMILES string of the molecule is O=S1(=O)C2CCNC1C2. The minimum Gasteiger partial charge on any atom is -0.301 e. The Labute approximate surface area is 54.4 Å². The summed E-state index contributed by atoms with van der Waals surface area (Å²) in [5, 5.41) is 2.77. The van der Waals surface area contributed by atoms with Crippen molar-refractivity contribution in [2.75, 3.05) is 6.54 Å². The van der Waals surface area contributed by atoms with Gasteiger partial charge in [-0.3, -0.25) is 0 Å². The highest BCUT2D eigenvalue weighted by Crippen LogP contribution is 2.32. The molecule has 2 atom stereocenters. The zero-order valence-corrected chi connectivity index (χ0v) is 5.82. The van der Waals surface area contributed by atoms with Crippen LogP contribution in [0.3, 0.4) is 0 Å². The van der Waals surface area contributed by atoms with Gasteiger partial charge in [0, 0.05) is 0 Å². The summed E-state index contributed by atoms with van der Waals surface area (Å²) in [5.41, 5.74) is 0. The Morgan fingerprint density at radius 2 is 2.22 bits per heavy atom. The monoisotopic (exact) mass is 147 g/mol. The van der Waals surface area contributed by atoms with E-state index < -0.39 is 9.84 Å². The first-order valence-electron chi connectivity index (χ1n) is 3.17. The third-order valence-corrected chi connectivity index (χ3v) is 4.69. The number of rotatable bonds is 0. The lowest BCUT2D eigenvalue weighted by Gasteiger charge is -2.40. The van der Waals surface area contributed by atoms with Crippen LogP contribution in [-0.2, 0) is 9.84 Å². The Balaban J connectivity index is 2.33. The largest absolute Gasteiger partial charge is 0.301 e. The molecule has 0 radical (unpaired) electrons. The van der Waals surface area contributed by atoms with Crippen LogP contribution in [0, 0.1) is 0 Å². The molecule has 3 rings (SSSR count). The standard InChI is InChI=1S/C5H9NO2S/c7-9(8)4-1-2-6-5(9)3-4/h4-6H,1-3H2. The maximum Gasteiger partial charge on any atom is 0.169 e. The molecule has 1 N–H and O–H groups in total. The molecule has 2 unspecified atom stereocenters. The van der Waals surface area contributed by atoms with Crippen molar-refractivity contribution in [3.05, 3.63) is 0 Å². The van der Waals surface area contributed by atoms with Crippen molar-refractivity contribution in [1.29, 1.82) is 0 Å². The van der Waals surface area contributed by atoms with E-state index in [-0.39, 0.29) is 10.6 Å². The van der Waals surface area contributed by atoms with Crippen molar-refractivity contribution in [2.45, 2.75) is 23.5 Å². The lowest BCUT2D eigenvalue weighted by Crippen LogP contribution is -2.59. The summed E-state index contributed by atoms with van der Waals surface area (Å²) in [7, 11) is -2.68. The predicted octanol–water partition coefficient (Wildman–Crippen LogP) is -0.507. The number of piperidine rings is 1. The molecule has 3 nitrogen and oxygen atoms in total. The third-order valence-electron chi connectivity index (χ3n) is 2.18. The Hall–Kier alpha value is -0.0900. The van der Waals surface area contributed by atoms with E-state index in [1.807, 2.05) is 0 Å². The van der Waals surface area contributed by atoms with Gasteiger partial charge < -0.3 is 5.32 Å². The van der Waals surface area contributed by atoms with Crippen molar-refractivity contribution in [3.8, 4) is 0 Å². The summed E-state index contributed by atoms with van der Waals surface area (Å²) in [6.45, 7) is 0.883. The van der Waals surface area contributed by atoms with Gasteiger partial charge in [-0.05, 0) is 19.4 Å². The fraction of sp³-hybridized carbons (Fsp3) is 1.00. The topological polar surface area (TPSA) is 46.2 Å². The van der Waals surface area contributed by atoms with Crippen molar-refractivity contribution in [1.82, 2.24) is 5.32 Å². The van der Waals surface area contributed by atoms with E-state index in [2.05, 4.69) is 5.32 Å². The van der Waals surface area contributed by atoms with Gasteiger partial charge in [0.05, 0.1) is 5.25 Å². The molecule has 9 heavy (non-hydrogen) atoms. The molecule has 0 spiro atoms. The van der Waals surface area contributed by atoms with Crippen LogP contribution in [0.2, 0.25) is 0 Å². The molecule has 52 valence electrons. The van der Waals surface area contributed by atoms with Gasteiger partial charge in [-0.1, -0.05) is 0 Å². The van der Waals surface area contributed by atoms with Crippen LogP contribution in [0.1, 0.15) is 12.8 Å². The molecular formula is C5H9NO2S. The van der Waals surface area contributed by atoms with Crippen LogP contribution >= 0.6 is 0 Å². The minimum atomic E-state index is -2.68. The number of hydrogen-bond acceptors (Lipinski definition) is 3. The highest BCUT2D eigenvalue weighted by molar-refractivity contribution is 7.94. The maximum atomic E-state index is 11.0. The maximum absolute atomic E-state index is 11.0. The van der Waals surface area contributed by atoms with E-state index in [1.54, 1.807) is 0 Å². The Kier molecular flexibility index (Phi) is 0.941. The number of nitrogens with one attached hydrogen (secondary N) is 1. The van der Waals surface area contributed by atoms with Gasteiger partial charge in [-0.25, -0.2) is 8.42 Å². The first kappa shape index (κ1) is 5.68. The molecule has 3 aliphatic heterocycles. The normalized spacial score (nSPS) is 45.8. The molecule has 3 fully saturated rings. The van der Waals surface area contributed by atoms with Crippen molar-refractivity contribution in [3.63, 3.8) is 0 Å². The van der Waals surface area contributed by atoms with Gasteiger partial charge in [-0.15, -0.1) is 0 Å². The first-order chi connectivity index (χ1) is 4.21. The summed E-state index contributed by atoms with van der Waals surface area (Å²) in [6, 6.07) is 0. The molecule has 3 heterocycles. The smallest absolute Gasteiger partial charge is 0.169 e. The number of hydrogen-bond donors (Lipinski definition) is 1. The van der Waals surface area contributed by atoms with Crippen LogP contribution < -0.4 is 5.32 Å². The summed E-state index contributed by atoms with van der Waals surface area (Å²) < 4.78 is 21.9.